The number of Topliss-reactive ketones (excluding diaryl/α,β-unsaturated/α-hetero) is 1. The minimum absolute atomic E-state index is 0.0950. The van der Waals surface area contributed by atoms with Gasteiger partial charge in [0.15, 0.2) is 5.78 Å². The van der Waals surface area contributed by atoms with Gasteiger partial charge in [-0.1, -0.05) is 61.8 Å². The zero-order chi connectivity index (χ0) is 16.4. The van der Waals surface area contributed by atoms with Crippen molar-refractivity contribution in [3.05, 3.63) is 75.7 Å². The molecule has 2 aromatic carbocycles. The molecular formula is C19H21ClOS. The molecule has 0 saturated carbocycles. The summed E-state index contributed by atoms with van der Waals surface area (Å²) in [6.45, 7) is 5.58. The first-order valence-corrected chi connectivity index (χ1v) is 8.71. The molecule has 1 nitrogen and oxygen atoms in total. The molecule has 0 bridgehead atoms. The van der Waals surface area contributed by atoms with Crippen molar-refractivity contribution >= 4 is 35.2 Å². The summed E-state index contributed by atoms with van der Waals surface area (Å²) in [5.41, 5.74) is 3.09. The Morgan fingerprint density at radius 3 is 2.18 bits per heavy atom. The summed E-state index contributed by atoms with van der Waals surface area (Å²) >= 11 is 7.57. The fraction of sp³-hybridized carbons (Fsp3) is 0.211. The van der Waals surface area contributed by atoms with E-state index >= 15 is 0 Å². The monoisotopic (exact) mass is 332 g/mol. The lowest BCUT2D eigenvalue weighted by atomic mass is 10.1. The minimum atomic E-state index is 0.0950. The van der Waals surface area contributed by atoms with Crippen molar-refractivity contribution in [3.8, 4) is 0 Å². The van der Waals surface area contributed by atoms with E-state index in [4.69, 9.17) is 11.6 Å². The van der Waals surface area contributed by atoms with Crippen LogP contribution in [0.5, 0.6) is 0 Å². The number of carbonyl (C=O) groups excluding carboxylic acids is 1. The van der Waals surface area contributed by atoms with Gasteiger partial charge in [0.1, 0.15) is 0 Å². The molecule has 0 aromatic heterocycles. The van der Waals surface area contributed by atoms with E-state index < -0.39 is 0 Å². The Labute approximate surface area is 142 Å². The molecule has 0 unspecified atom stereocenters. The Morgan fingerprint density at radius 2 is 1.64 bits per heavy atom. The van der Waals surface area contributed by atoms with E-state index in [1.165, 1.54) is 5.56 Å². The molecule has 0 heterocycles. The standard InChI is InChI=1S/C17H15ClOS.C2H6/c1-13(19)16-6-2-14(3-7-16)10-11-20-12-15-4-8-17(18)9-5-15;1-2/h2-11H,12H2,1H3;1-2H3/b11-10+;. The zero-order valence-electron chi connectivity index (χ0n) is 13.2. The van der Waals surface area contributed by atoms with Gasteiger partial charge in [-0.15, -0.1) is 11.8 Å². The van der Waals surface area contributed by atoms with Crippen molar-refractivity contribution in [3.63, 3.8) is 0 Å². The van der Waals surface area contributed by atoms with Crippen LogP contribution in [0.4, 0.5) is 0 Å². The van der Waals surface area contributed by atoms with Crippen LogP contribution in [0.15, 0.2) is 53.9 Å². The van der Waals surface area contributed by atoms with Gasteiger partial charge in [0, 0.05) is 16.3 Å². The fourth-order valence-corrected chi connectivity index (χ4v) is 2.54. The Balaban J connectivity index is 0.00000116. The zero-order valence-corrected chi connectivity index (χ0v) is 14.7. The van der Waals surface area contributed by atoms with Gasteiger partial charge < -0.3 is 0 Å². The number of rotatable bonds is 5. The second-order valence-electron chi connectivity index (χ2n) is 4.42. The first kappa shape index (κ1) is 18.5. The first-order chi connectivity index (χ1) is 10.6. The van der Waals surface area contributed by atoms with Gasteiger partial charge in [0.2, 0.25) is 0 Å². The molecule has 0 N–H and O–H groups in total. The van der Waals surface area contributed by atoms with Gasteiger partial charge in [-0.25, -0.2) is 0 Å². The number of halogens is 1. The van der Waals surface area contributed by atoms with Crippen LogP contribution in [0.2, 0.25) is 5.02 Å². The number of hydrogen-bond acceptors (Lipinski definition) is 2. The molecule has 2 rings (SSSR count). The van der Waals surface area contributed by atoms with E-state index in [9.17, 15) is 4.79 Å². The SMILES string of the molecule is CC.CC(=O)c1ccc(/C=C/SCc2ccc(Cl)cc2)cc1. The maximum Gasteiger partial charge on any atom is 0.159 e. The Kier molecular flexibility index (Phi) is 8.64. The van der Waals surface area contributed by atoms with Crippen molar-refractivity contribution in [2.45, 2.75) is 26.5 Å². The minimum Gasteiger partial charge on any atom is -0.295 e. The van der Waals surface area contributed by atoms with Gasteiger partial charge in [-0.3, -0.25) is 4.79 Å². The second-order valence-corrected chi connectivity index (χ2v) is 5.75. The van der Waals surface area contributed by atoms with Crippen LogP contribution in [0.25, 0.3) is 6.08 Å². The highest BCUT2D eigenvalue weighted by Crippen LogP contribution is 2.17. The quantitative estimate of drug-likeness (QED) is 0.583. The third kappa shape index (κ3) is 6.50. The van der Waals surface area contributed by atoms with Crippen LogP contribution in [0.3, 0.4) is 0 Å². The van der Waals surface area contributed by atoms with Gasteiger partial charge in [0.25, 0.3) is 0 Å². The first-order valence-electron chi connectivity index (χ1n) is 7.29. The molecule has 2 aromatic rings. The second kappa shape index (κ2) is 10.3. The normalized spacial score (nSPS) is 10.2. The highest BCUT2D eigenvalue weighted by Gasteiger charge is 1.97. The van der Waals surface area contributed by atoms with Crippen molar-refractivity contribution in [2.75, 3.05) is 0 Å². The molecule has 116 valence electrons. The van der Waals surface area contributed by atoms with Gasteiger partial charge >= 0.3 is 0 Å². The molecule has 0 aliphatic carbocycles. The van der Waals surface area contributed by atoms with Crippen molar-refractivity contribution in [1.82, 2.24) is 0 Å². The largest absolute Gasteiger partial charge is 0.295 e. The predicted molar refractivity (Wildman–Crippen MR) is 99.6 cm³/mol. The maximum absolute atomic E-state index is 11.2. The Hall–Kier alpha value is -1.51. The molecule has 22 heavy (non-hydrogen) atoms. The van der Waals surface area contributed by atoms with Crippen LogP contribution < -0.4 is 0 Å². The molecular weight excluding hydrogens is 312 g/mol. The lowest BCUT2D eigenvalue weighted by Gasteiger charge is -1.99. The Bertz CT molecular complexity index is 600. The molecule has 0 radical (unpaired) electrons. The summed E-state index contributed by atoms with van der Waals surface area (Å²) in [5, 5.41) is 2.83. The van der Waals surface area contributed by atoms with E-state index in [2.05, 4.69) is 5.41 Å². The van der Waals surface area contributed by atoms with Crippen molar-refractivity contribution < 1.29 is 4.79 Å². The summed E-state index contributed by atoms with van der Waals surface area (Å²) in [5.74, 6) is 1.01. The molecule has 0 spiro atoms. The van der Waals surface area contributed by atoms with E-state index in [-0.39, 0.29) is 5.78 Å². The van der Waals surface area contributed by atoms with Crippen LogP contribution in [-0.4, -0.2) is 5.78 Å². The van der Waals surface area contributed by atoms with Crippen LogP contribution in [-0.2, 0) is 5.75 Å². The lowest BCUT2D eigenvalue weighted by molar-refractivity contribution is 0.101. The van der Waals surface area contributed by atoms with Crippen LogP contribution >= 0.6 is 23.4 Å². The Morgan fingerprint density at radius 1 is 1.05 bits per heavy atom. The summed E-state index contributed by atoms with van der Waals surface area (Å²) in [7, 11) is 0. The topological polar surface area (TPSA) is 17.1 Å². The predicted octanol–water partition coefficient (Wildman–Crippen LogP) is 6.47. The average molecular weight is 333 g/mol. The molecule has 0 aliphatic heterocycles. The maximum atomic E-state index is 11.2. The molecule has 0 atom stereocenters. The number of thioether (sulfide) groups is 1. The molecule has 0 saturated heterocycles. The molecule has 0 amide bonds. The molecule has 0 fully saturated rings. The average Bonchev–Trinajstić information content (AvgIpc) is 2.55. The van der Waals surface area contributed by atoms with Gasteiger partial charge in [0.05, 0.1) is 0 Å². The smallest absolute Gasteiger partial charge is 0.159 e. The van der Waals surface area contributed by atoms with E-state index in [1.54, 1.807) is 18.7 Å². The van der Waals surface area contributed by atoms with Gasteiger partial charge in [-0.2, -0.15) is 0 Å². The van der Waals surface area contributed by atoms with Crippen molar-refractivity contribution in [1.29, 1.82) is 0 Å². The summed E-state index contributed by atoms with van der Waals surface area (Å²) in [4.78, 5) is 11.2. The number of benzene rings is 2. The lowest BCUT2D eigenvalue weighted by Crippen LogP contribution is -1.90. The molecule has 3 heteroatoms. The number of carbonyl (C=O) groups is 1. The third-order valence-corrected chi connectivity index (χ3v) is 3.92. The van der Waals surface area contributed by atoms with E-state index in [0.29, 0.717) is 0 Å². The van der Waals surface area contributed by atoms with Crippen molar-refractivity contribution in [2.24, 2.45) is 0 Å². The van der Waals surface area contributed by atoms with Crippen LogP contribution in [0.1, 0.15) is 42.3 Å². The fourth-order valence-electron chi connectivity index (χ4n) is 1.68. The highest BCUT2D eigenvalue weighted by molar-refractivity contribution is 8.01. The number of ketones is 1. The summed E-state index contributed by atoms with van der Waals surface area (Å²) in [6.07, 6.45) is 2.05. The number of hydrogen-bond donors (Lipinski definition) is 0. The summed E-state index contributed by atoms with van der Waals surface area (Å²) in [6, 6.07) is 15.5. The molecule has 0 aliphatic rings. The summed E-state index contributed by atoms with van der Waals surface area (Å²) < 4.78 is 0. The van der Waals surface area contributed by atoms with Crippen LogP contribution in [0, 0.1) is 0 Å². The highest BCUT2D eigenvalue weighted by atomic mass is 35.5. The van der Waals surface area contributed by atoms with Gasteiger partial charge in [-0.05, 0) is 41.7 Å². The van der Waals surface area contributed by atoms with E-state index in [0.717, 1.165) is 21.9 Å². The van der Waals surface area contributed by atoms with E-state index in [1.807, 2.05) is 68.5 Å². The third-order valence-electron chi connectivity index (χ3n) is 2.84.